The quantitative estimate of drug-likeness (QED) is 0.919. The Morgan fingerprint density at radius 3 is 2.75 bits per heavy atom. The van der Waals surface area contributed by atoms with Crippen molar-refractivity contribution in [2.75, 3.05) is 19.7 Å². The number of likely N-dealkylation sites (tertiary alicyclic amines) is 1. The normalized spacial score (nSPS) is 21.2. The van der Waals surface area contributed by atoms with Crippen LogP contribution in [0.25, 0.3) is 0 Å². The number of nitrogens with zero attached hydrogens (tertiary/aromatic N) is 4. The smallest absolute Gasteiger partial charge is 0.234 e. The minimum absolute atomic E-state index is 0.0395. The molecular formula is C18H24N4O2. The first kappa shape index (κ1) is 16.6. The van der Waals surface area contributed by atoms with Crippen LogP contribution < -0.4 is 0 Å². The topological polar surface area (TPSA) is 71.2 Å². The largest absolute Gasteiger partial charge is 0.396 e. The van der Waals surface area contributed by atoms with Crippen molar-refractivity contribution in [3.8, 4) is 0 Å². The second kappa shape index (κ2) is 6.36. The molecule has 1 aliphatic rings. The maximum atomic E-state index is 13.1. The predicted molar refractivity (Wildman–Crippen MR) is 90.4 cm³/mol. The van der Waals surface area contributed by atoms with Crippen LogP contribution in [0.3, 0.4) is 0 Å². The van der Waals surface area contributed by atoms with E-state index < -0.39 is 5.41 Å². The first-order valence-electron chi connectivity index (χ1n) is 8.23. The van der Waals surface area contributed by atoms with Crippen LogP contribution in [0.4, 0.5) is 0 Å². The van der Waals surface area contributed by atoms with Crippen molar-refractivity contribution in [1.82, 2.24) is 19.7 Å². The summed E-state index contributed by atoms with van der Waals surface area (Å²) in [6.07, 6.45) is 5.50. The van der Waals surface area contributed by atoms with Crippen LogP contribution >= 0.6 is 0 Å². The molecule has 0 spiro atoms. The number of amides is 1. The molecule has 0 bridgehead atoms. The Hall–Kier alpha value is -2.21. The van der Waals surface area contributed by atoms with E-state index in [1.54, 1.807) is 10.9 Å². The number of aryl methyl sites for hydroxylation is 1. The van der Waals surface area contributed by atoms with Gasteiger partial charge >= 0.3 is 0 Å². The fourth-order valence-corrected chi connectivity index (χ4v) is 3.47. The Labute approximate surface area is 142 Å². The lowest BCUT2D eigenvalue weighted by molar-refractivity contribution is -0.135. The van der Waals surface area contributed by atoms with Gasteiger partial charge in [0.15, 0.2) is 0 Å². The Kier molecular flexibility index (Phi) is 4.41. The van der Waals surface area contributed by atoms with E-state index in [4.69, 9.17) is 0 Å². The van der Waals surface area contributed by atoms with E-state index >= 15 is 0 Å². The van der Waals surface area contributed by atoms with Crippen LogP contribution in [0.15, 0.2) is 36.8 Å². The number of carbonyl (C=O) groups is 1. The van der Waals surface area contributed by atoms with Crippen LogP contribution in [-0.2, 0) is 17.3 Å². The number of aliphatic hydroxyl groups excluding tert-OH is 1. The van der Waals surface area contributed by atoms with Crippen molar-refractivity contribution in [3.05, 3.63) is 48.0 Å². The predicted octanol–water partition coefficient (Wildman–Crippen LogP) is 1.33. The molecule has 24 heavy (non-hydrogen) atoms. The van der Waals surface area contributed by atoms with Gasteiger partial charge in [-0.1, -0.05) is 6.07 Å². The fourth-order valence-electron chi connectivity index (χ4n) is 3.47. The maximum absolute atomic E-state index is 13.1. The van der Waals surface area contributed by atoms with Gasteiger partial charge in [0, 0.05) is 51.0 Å². The van der Waals surface area contributed by atoms with E-state index in [0.717, 1.165) is 11.3 Å². The number of hydrogen-bond donors (Lipinski definition) is 1. The molecule has 6 heteroatoms. The first-order valence-corrected chi connectivity index (χ1v) is 8.23. The van der Waals surface area contributed by atoms with E-state index in [1.165, 1.54) is 0 Å². The highest BCUT2D eigenvalue weighted by Crippen LogP contribution is 2.35. The summed E-state index contributed by atoms with van der Waals surface area (Å²) in [6.45, 7) is 5.04. The molecule has 1 N–H and O–H groups in total. The van der Waals surface area contributed by atoms with Gasteiger partial charge in [-0.3, -0.25) is 14.5 Å². The lowest BCUT2D eigenvalue weighted by Crippen LogP contribution is -2.43. The van der Waals surface area contributed by atoms with Gasteiger partial charge in [0.1, 0.15) is 0 Å². The molecule has 0 aliphatic carbocycles. The average molecular weight is 328 g/mol. The zero-order valence-electron chi connectivity index (χ0n) is 14.4. The molecule has 0 unspecified atom stereocenters. The third-order valence-corrected chi connectivity index (χ3v) is 4.96. The number of pyridine rings is 1. The number of rotatable bonds is 4. The van der Waals surface area contributed by atoms with Crippen molar-refractivity contribution in [2.45, 2.75) is 25.2 Å². The zero-order chi connectivity index (χ0) is 17.3. The summed E-state index contributed by atoms with van der Waals surface area (Å²) in [5, 5.41) is 14.0. The van der Waals surface area contributed by atoms with Crippen LogP contribution in [0.1, 0.15) is 31.0 Å². The molecule has 0 aromatic carbocycles. The molecule has 0 saturated carbocycles. The monoisotopic (exact) mass is 328 g/mol. The van der Waals surface area contributed by atoms with Gasteiger partial charge in [-0.2, -0.15) is 5.10 Å². The lowest BCUT2D eigenvalue weighted by Gasteiger charge is -2.29. The highest BCUT2D eigenvalue weighted by molar-refractivity contribution is 5.87. The third kappa shape index (κ3) is 2.94. The summed E-state index contributed by atoms with van der Waals surface area (Å²) in [6, 6.07) is 5.63. The summed E-state index contributed by atoms with van der Waals surface area (Å²) in [4.78, 5) is 19.3. The van der Waals surface area contributed by atoms with Crippen molar-refractivity contribution in [2.24, 2.45) is 13.0 Å². The summed E-state index contributed by atoms with van der Waals surface area (Å²) >= 11 is 0. The molecule has 1 fully saturated rings. The summed E-state index contributed by atoms with van der Waals surface area (Å²) < 4.78 is 1.76. The second-order valence-electron chi connectivity index (χ2n) is 7.05. The highest BCUT2D eigenvalue weighted by Gasteiger charge is 2.42. The number of aliphatic hydroxyl groups is 1. The minimum atomic E-state index is -0.689. The molecular weight excluding hydrogens is 304 g/mol. The zero-order valence-corrected chi connectivity index (χ0v) is 14.4. The molecule has 1 amide bonds. The highest BCUT2D eigenvalue weighted by atomic mass is 16.3. The van der Waals surface area contributed by atoms with Crippen LogP contribution in [0, 0.1) is 5.92 Å². The summed E-state index contributed by atoms with van der Waals surface area (Å²) in [5.41, 5.74) is 1.15. The standard InChI is InChI=1S/C18H24N4O2/c1-18(2,16-6-4-5-7-19-16)17(24)22-10-14(12-23)15(11-22)13-8-20-21(3)9-13/h4-9,14-15,23H,10-12H2,1-3H3/t14-,15-/m0/s1. The third-order valence-electron chi connectivity index (χ3n) is 4.96. The van der Waals surface area contributed by atoms with E-state index in [-0.39, 0.29) is 24.3 Å². The molecule has 128 valence electrons. The maximum Gasteiger partial charge on any atom is 0.234 e. The van der Waals surface area contributed by atoms with E-state index in [9.17, 15) is 9.90 Å². The van der Waals surface area contributed by atoms with E-state index in [0.29, 0.717) is 13.1 Å². The van der Waals surface area contributed by atoms with Crippen molar-refractivity contribution in [3.63, 3.8) is 0 Å². The number of carbonyl (C=O) groups excluding carboxylic acids is 1. The van der Waals surface area contributed by atoms with Gasteiger partial charge in [0.2, 0.25) is 5.91 Å². The second-order valence-corrected chi connectivity index (χ2v) is 7.05. The van der Waals surface area contributed by atoms with E-state index in [2.05, 4.69) is 10.1 Å². The Bertz CT molecular complexity index is 711. The molecule has 3 heterocycles. The Morgan fingerprint density at radius 1 is 1.38 bits per heavy atom. The number of hydrogen-bond acceptors (Lipinski definition) is 4. The van der Waals surface area contributed by atoms with Gasteiger partial charge in [-0.15, -0.1) is 0 Å². The van der Waals surface area contributed by atoms with Gasteiger partial charge in [-0.05, 0) is 31.5 Å². The molecule has 1 saturated heterocycles. The molecule has 6 nitrogen and oxygen atoms in total. The fraction of sp³-hybridized carbons (Fsp3) is 0.500. The van der Waals surface area contributed by atoms with Crippen molar-refractivity contribution < 1.29 is 9.90 Å². The van der Waals surface area contributed by atoms with E-state index in [1.807, 2.05) is 56.4 Å². The number of aromatic nitrogens is 3. The average Bonchev–Trinajstić information content (AvgIpc) is 3.20. The molecule has 3 rings (SSSR count). The first-order chi connectivity index (χ1) is 11.4. The van der Waals surface area contributed by atoms with Gasteiger partial charge < -0.3 is 10.0 Å². The van der Waals surface area contributed by atoms with Crippen molar-refractivity contribution in [1.29, 1.82) is 0 Å². The van der Waals surface area contributed by atoms with Crippen LogP contribution in [0.2, 0.25) is 0 Å². The van der Waals surface area contributed by atoms with Gasteiger partial charge in [-0.25, -0.2) is 0 Å². The SMILES string of the molecule is Cn1cc([C@@H]2CN(C(=O)C(C)(C)c3ccccn3)C[C@H]2CO)cn1. The Balaban J connectivity index is 1.81. The van der Waals surface area contributed by atoms with Crippen molar-refractivity contribution >= 4 is 5.91 Å². The molecule has 0 radical (unpaired) electrons. The molecule has 2 aromatic rings. The van der Waals surface area contributed by atoms with Crippen LogP contribution in [-0.4, -0.2) is 50.4 Å². The lowest BCUT2D eigenvalue weighted by atomic mass is 9.87. The Morgan fingerprint density at radius 2 is 2.17 bits per heavy atom. The van der Waals surface area contributed by atoms with Gasteiger partial charge in [0.25, 0.3) is 0 Å². The summed E-state index contributed by atoms with van der Waals surface area (Å²) in [7, 11) is 1.87. The molecule has 1 aliphatic heterocycles. The minimum Gasteiger partial charge on any atom is -0.396 e. The summed E-state index contributed by atoms with van der Waals surface area (Å²) in [5.74, 6) is 0.205. The van der Waals surface area contributed by atoms with Gasteiger partial charge in [0.05, 0.1) is 17.3 Å². The molecule has 2 aromatic heterocycles. The van der Waals surface area contributed by atoms with Crippen LogP contribution in [0.5, 0.6) is 0 Å². The molecule has 2 atom stereocenters.